The number of carbonyl (C=O) groups is 1. The normalized spacial score (nSPS) is 11.5. The predicted octanol–water partition coefficient (Wildman–Crippen LogP) is 7.34. The minimum atomic E-state index is -0.548. The third kappa shape index (κ3) is 4.92. The highest BCUT2D eigenvalue weighted by atomic mass is 35.5. The fraction of sp³-hybridized carbons (Fsp3) is 0.148. The van der Waals surface area contributed by atoms with Crippen LogP contribution in [-0.4, -0.2) is 19.6 Å². The van der Waals surface area contributed by atoms with Crippen LogP contribution in [-0.2, 0) is 4.79 Å². The zero-order valence-electron chi connectivity index (χ0n) is 18.9. The van der Waals surface area contributed by atoms with Gasteiger partial charge in [-0.2, -0.15) is 0 Å². The Morgan fingerprint density at radius 3 is 2.74 bits per heavy atom. The van der Waals surface area contributed by atoms with Gasteiger partial charge in [-0.05, 0) is 61.4 Å². The van der Waals surface area contributed by atoms with Crippen LogP contribution < -0.4 is 14.8 Å². The van der Waals surface area contributed by atoms with E-state index in [2.05, 4.69) is 5.32 Å². The van der Waals surface area contributed by atoms with E-state index in [0.29, 0.717) is 29.2 Å². The molecule has 0 saturated carbocycles. The largest absolute Gasteiger partial charge is 0.497 e. The number of benzene rings is 3. The van der Waals surface area contributed by atoms with Crippen molar-refractivity contribution in [3.8, 4) is 22.6 Å². The number of nitrogens with one attached hydrogen (secondary N) is 1. The number of hydrogen-bond donors (Lipinski definition) is 1. The standard InChI is InChI=1S/C27H23ClFNO4/c1-4-33-25-14-26-21(22(15-34-26)17-6-5-7-19(11-17)32-3)13-20(25)16(2)10-27(31)30-18-8-9-24(29)23(28)12-18/h5-15H,4H2,1-3H3,(H,30,31)/b16-10+. The van der Waals surface area contributed by atoms with Gasteiger partial charge in [0.2, 0.25) is 5.91 Å². The summed E-state index contributed by atoms with van der Waals surface area (Å²) >= 11 is 5.81. The van der Waals surface area contributed by atoms with Gasteiger partial charge in [-0.15, -0.1) is 0 Å². The molecule has 1 heterocycles. The van der Waals surface area contributed by atoms with Gasteiger partial charge >= 0.3 is 0 Å². The second-order valence-electron chi connectivity index (χ2n) is 7.60. The highest BCUT2D eigenvalue weighted by molar-refractivity contribution is 6.31. The quantitative estimate of drug-likeness (QED) is 0.282. The maximum atomic E-state index is 13.4. The number of allylic oxidation sites excluding steroid dienone is 1. The summed E-state index contributed by atoms with van der Waals surface area (Å²) in [5.41, 5.74) is 4.36. The average Bonchev–Trinajstić information content (AvgIpc) is 3.24. The third-order valence-corrected chi connectivity index (χ3v) is 5.61. The molecule has 7 heteroatoms. The Bertz CT molecular complexity index is 1390. The maximum absolute atomic E-state index is 13.4. The molecule has 4 rings (SSSR count). The highest BCUT2D eigenvalue weighted by Crippen LogP contribution is 2.38. The Morgan fingerprint density at radius 1 is 1.18 bits per heavy atom. The monoisotopic (exact) mass is 479 g/mol. The van der Waals surface area contributed by atoms with E-state index in [1.807, 2.05) is 50.2 Å². The van der Waals surface area contributed by atoms with Crippen molar-refractivity contribution in [3.05, 3.63) is 83.3 Å². The van der Waals surface area contributed by atoms with Crippen molar-refractivity contribution < 1.29 is 23.1 Å². The van der Waals surface area contributed by atoms with E-state index in [4.69, 9.17) is 25.5 Å². The van der Waals surface area contributed by atoms with E-state index in [1.165, 1.54) is 24.3 Å². The smallest absolute Gasteiger partial charge is 0.248 e. The molecular formula is C27H23ClFNO4. The number of carbonyl (C=O) groups excluding carboxylic acids is 1. The van der Waals surface area contributed by atoms with Crippen LogP contribution in [0.4, 0.5) is 10.1 Å². The summed E-state index contributed by atoms with van der Waals surface area (Å²) in [6.07, 6.45) is 3.16. The van der Waals surface area contributed by atoms with Gasteiger partial charge < -0.3 is 19.2 Å². The Hall–Kier alpha value is -3.77. The number of furan rings is 1. The van der Waals surface area contributed by atoms with Crippen LogP contribution >= 0.6 is 11.6 Å². The first kappa shape index (κ1) is 23.4. The Morgan fingerprint density at radius 2 is 2.00 bits per heavy atom. The summed E-state index contributed by atoms with van der Waals surface area (Å²) in [6.45, 7) is 4.17. The summed E-state index contributed by atoms with van der Waals surface area (Å²) in [7, 11) is 1.62. The minimum absolute atomic E-state index is 0.0624. The summed E-state index contributed by atoms with van der Waals surface area (Å²) in [4.78, 5) is 12.6. The lowest BCUT2D eigenvalue weighted by molar-refractivity contribution is -0.111. The summed E-state index contributed by atoms with van der Waals surface area (Å²) < 4.78 is 30.4. The van der Waals surface area contributed by atoms with Crippen LogP contribution in [0.3, 0.4) is 0 Å². The summed E-state index contributed by atoms with van der Waals surface area (Å²) in [6, 6.07) is 15.5. The second-order valence-corrected chi connectivity index (χ2v) is 8.01. The van der Waals surface area contributed by atoms with Gasteiger partial charge in [0.15, 0.2) is 0 Å². The van der Waals surface area contributed by atoms with E-state index < -0.39 is 5.82 Å². The zero-order valence-corrected chi connectivity index (χ0v) is 19.7. The van der Waals surface area contributed by atoms with Crippen molar-refractivity contribution in [1.29, 1.82) is 0 Å². The van der Waals surface area contributed by atoms with Gasteiger partial charge in [-0.1, -0.05) is 23.7 Å². The average molecular weight is 480 g/mol. The number of ether oxygens (including phenoxy) is 2. The number of amides is 1. The van der Waals surface area contributed by atoms with Crippen LogP contribution in [0, 0.1) is 5.82 Å². The summed E-state index contributed by atoms with van der Waals surface area (Å²) in [5.74, 6) is 0.426. The van der Waals surface area contributed by atoms with Crippen molar-refractivity contribution in [2.75, 3.05) is 19.0 Å². The molecule has 174 valence electrons. The molecule has 0 aliphatic carbocycles. The number of halogens is 2. The minimum Gasteiger partial charge on any atom is -0.497 e. The second kappa shape index (κ2) is 10.0. The topological polar surface area (TPSA) is 60.7 Å². The van der Waals surface area contributed by atoms with Gasteiger partial charge in [0.1, 0.15) is 22.9 Å². The fourth-order valence-corrected chi connectivity index (χ4v) is 3.86. The number of anilines is 1. The number of fused-ring (bicyclic) bond motifs is 1. The molecule has 0 aliphatic heterocycles. The molecule has 3 aromatic carbocycles. The van der Waals surface area contributed by atoms with Crippen LogP contribution in [0.25, 0.3) is 27.7 Å². The molecular weight excluding hydrogens is 457 g/mol. The Kier molecular flexibility index (Phi) is 6.89. The predicted molar refractivity (Wildman–Crippen MR) is 133 cm³/mol. The lowest BCUT2D eigenvalue weighted by Crippen LogP contribution is -2.09. The molecule has 0 atom stereocenters. The molecule has 0 fully saturated rings. The van der Waals surface area contributed by atoms with Gasteiger partial charge in [-0.3, -0.25) is 4.79 Å². The van der Waals surface area contributed by atoms with Gasteiger partial charge in [0.25, 0.3) is 0 Å². The fourth-order valence-electron chi connectivity index (χ4n) is 3.68. The first-order valence-corrected chi connectivity index (χ1v) is 11.0. The number of hydrogen-bond acceptors (Lipinski definition) is 4. The molecule has 0 aliphatic rings. The number of rotatable bonds is 7. The lowest BCUT2D eigenvalue weighted by Gasteiger charge is -2.12. The number of methoxy groups -OCH3 is 1. The van der Waals surface area contributed by atoms with Crippen LogP contribution in [0.5, 0.6) is 11.5 Å². The summed E-state index contributed by atoms with van der Waals surface area (Å²) in [5, 5.41) is 3.52. The molecule has 0 unspecified atom stereocenters. The molecule has 1 aromatic heterocycles. The van der Waals surface area contributed by atoms with Crippen molar-refractivity contribution in [2.24, 2.45) is 0 Å². The molecule has 0 spiro atoms. The Labute approximate surface area is 201 Å². The lowest BCUT2D eigenvalue weighted by atomic mass is 9.99. The molecule has 0 radical (unpaired) electrons. The molecule has 34 heavy (non-hydrogen) atoms. The van der Waals surface area contributed by atoms with Crippen LogP contribution in [0.1, 0.15) is 19.4 Å². The van der Waals surface area contributed by atoms with Gasteiger partial charge in [0.05, 0.1) is 25.0 Å². The molecule has 5 nitrogen and oxygen atoms in total. The van der Waals surface area contributed by atoms with Crippen molar-refractivity contribution in [1.82, 2.24) is 0 Å². The van der Waals surface area contributed by atoms with E-state index >= 15 is 0 Å². The molecule has 0 saturated heterocycles. The SMILES string of the molecule is CCOc1cc2occ(-c3cccc(OC)c3)c2cc1/C(C)=C/C(=O)Nc1ccc(F)c(Cl)c1. The van der Waals surface area contributed by atoms with Gasteiger partial charge in [-0.25, -0.2) is 4.39 Å². The van der Waals surface area contributed by atoms with Crippen LogP contribution in [0.15, 0.2) is 71.4 Å². The zero-order chi connectivity index (χ0) is 24.2. The third-order valence-electron chi connectivity index (χ3n) is 5.32. The highest BCUT2D eigenvalue weighted by Gasteiger charge is 2.16. The van der Waals surface area contributed by atoms with Crippen LogP contribution in [0.2, 0.25) is 5.02 Å². The molecule has 4 aromatic rings. The van der Waals surface area contributed by atoms with E-state index in [9.17, 15) is 9.18 Å². The molecule has 1 amide bonds. The van der Waals surface area contributed by atoms with Crippen molar-refractivity contribution >= 4 is 39.7 Å². The maximum Gasteiger partial charge on any atom is 0.248 e. The first-order chi connectivity index (χ1) is 16.4. The Balaban J connectivity index is 1.72. The van der Waals surface area contributed by atoms with E-state index in [1.54, 1.807) is 13.4 Å². The van der Waals surface area contributed by atoms with Gasteiger partial charge in [0, 0.05) is 34.3 Å². The van der Waals surface area contributed by atoms with E-state index in [-0.39, 0.29) is 10.9 Å². The van der Waals surface area contributed by atoms with Crippen molar-refractivity contribution in [2.45, 2.75) is 13.8 Å². The molecule has 1 N–H and O–H groups in total. The molecule has 0 bridgehead atoms. The van der Waals surface area contributed by atoms with E-state index in [0.717, 1.165) is 27.8 Å². The first-order valence-electron chi connectivity index (χ1n) is 10.7. The van der Waals surface area contributed by atoms with Crippen molar-refractivity contribution in [3.63, 3.8) is 0 Å².